The van der Waals surface area contributed by atoms with Crippen LogP contribution < -0.4 is 15.6 Å². The molecule has 3 aromatic rings. The average molecular weight is 383 g/mol. The van der Waals surface area contributed by atoms with E-state index >= 15 is 0 Å². The summed E-state index contributed by atoms with van der Waals surface area (Å²) in [5.41, 5.74) is 0.869. The van der Waals surface area contributed by atoms with Crippen LogP contribution in [-0.2, 0) is 7.05 Å². The van der Waals surface area contributed by atoms with E-state index in [2.05, 4.69) is 10.3 Å². The van der Waals surface area contributed by atoms with Gasteiger partial charge in [0, 0.05) is 19.2 Å². The Kier molecular flexibility index (Phi) is 6.03. The molecular formula is C20H21N3O3S. The third kappa shape index (κ3) is 4.62. The van der Waals surface area contributed by atoms with E-state index in [1.54, 1.807) is 25.2 Å². The van der Waals surface area contributed by atoms with Crippen LogP contribution in [0.1, 0.15) is 23.2 Å². The van der Waals surface area contributed by atoms with Gasteiger partial charge in [0.05, 0.1) is 17.5 Å². The molecule has 6 nitrogen and oxygen atoms in total. The average Bonchev–Trinajstić information content (AvgIpc) is 2.69. The minimum Gasteiger partial charge on any atom is -0.494 e. The SMILES string of the molecule is Cn1c(=S)[nH]c2cc(C(=O)NCCCCOc3ccccc3)ccc2c1=O. The summed E-state index contributed by atoms with van der Waals surface area (Å²) in [7, 11) is 1.61. The monoisotopic (exact) mass is 383 g/mol. The van der Waals surface area contributed by atoms with Gasteiger partial charge in [-0.15, -0.1) is 0 Å². The molecule has 2 aromatic carbocycles. The summed E-state index contributed by atoms with van der Waals surface area (Å²) in [5, 5.41) is 3.39. The van der Waals surface area contributed by atoms with Gasteiger partial charge in [0.1, 0.15) is 5.75 Å². The first-order valence-electron chi connectivity index (χ1n) is 8.75. The standard InChI is InChI=1S/C20H21N3O3S/c1-23-19(25)16-10-9-14(13-17(16)22-20(23)27)18(24)21-11-5-6-12-26-15-7-3-2-4-8-15/h2-4,7-10,13H,5-6,11-12H2,1H3,(H,21,24)(H,22,27). The van der Waals surface area contributed by atoms with Gasteiger partial charge in [0.15, 0.2) is 4.77 Å². The summed E-state index contributed by atoms with van der Waals surface area (Å²) in [6.45, 7) is 1.16. The van der Waals surface area contributed by atoms with Crippen molar-refractivity contribution in [3.63, 3.8) is 0 Å². The number of carbonyl (C=O) groups excluding carboxylic acids is 1. The van der Waals surface area contributed by atoms with Gasteiger partial charge in [-0.25, -0.2) is 0 Å². The third-order valence-electron chi connectivity index (χ3n) is 4.23. The van der Waals surface area contributed by atoms with Crippen LogP contribution in [-0.4, -0.2) is 28.6 Å². The first-order valence-corrected chi connectivity index (χ1v) is 9.16. The zero-order valence-electron chi connectivity index (χ0n) is 15.0. The van der Waals surface area contributed by atoms with Crippen LogP contribution in [0.4, 0.5) is 0 Å². The number of ether oxygens (including phenoxy) is 1. The van der Waals surface area contributed by atoms with Crippen molar-refractivity contribution in [1.29, 1.82) is 0 Å². The molecule has 3 rings (SSSR count). The number of amides is 1. The highest BCUT2D eigenvalue weighted by molar-refractivity contribution is 7.71. The summed E-state index contributed by atoms with van der Waals surface area (Å²) in [5.74, 6) is 0.669. The second-order valence-electron chi connectivity index (χ2n) is 6.18. The molecule has 7 heteroatoms. The lowest BCUT2D eigenvalue weighted by Gasteiger charge is -2.08. The van der Waals surface area contributed by atoms with Crippen LogP contribution in [0.15, 0.2) is 53.3 Å². The molecule has 27 heavy (non-hydrogen) atoms. The van der Waals surface area contributed by atoms with Crippen LogP contribution in [0.3, 0.4) is 0 Å². The lowest BCUT2D eigenvalue weighted by atomic mass is 10.1. The highest BCUT2D eigenvalue weighted by atomic mass is 32.1. The fraction of sp³-hybridized carbons (Fsp3) is 0.250. The van der Waals surface area contributed by atoms with E-state index in [0.717, 1.165) is 18.6 Å². The van der Waals surface area contributed by atoms with Gasteiger partial charge in [-0.2, -0.15) is 0 Å². The zero-order chi connectivity index (χ0) is 19.2. The number of H-pyrrole nitrogens is 1. The molecule has 0 saturated carbocycles. The van der Waals surface area contributed by atoms with E-state index in [-0.39, 0.29) is 11.5 Å². The Morgan fingerprint density at radius 3 is 2.74 bits per heavy atom. The summed E-state index contributed by atoms with van der Waals surface area (Å²) in [6, 6.07) is 14.6. The number of hydrogen-bond donors (Lipinski definition) is 2. The molecule has 2 N–H and O–H groups in total. The number of para-hydroxylation sites is 1. The number of aromatic nitrogens is 2. The van der Waals surface area contributed by atoms with Crippen molar-refractivity contribution in [3.8, 4) is 5.75 Å². The first kappa shape index (κ1) is 18.8. The van der Waals surface area contributed by atoms with Gasteiger partial charge in [-0.05, 0) is 55.4 Å². The fourth-order valence-electron chi connectivity index (χ4n) is 2.69. The molecule has 0 radical (unpaired) electrons. The van der Waals surface area contributed by atoms with Crippen LogP contribution in [0.5, 0.6) is 5.75 Å². The van der Waals surface area contributed by atoms with Gasteiger partial charge >= 0.3 is 0 Å². The van der Waals surface area contributed by atoms with E-state index in [0.29, 0.717) is 34.4 Å². The molecule has 1 heterocycles. The highest BCUT2D eigenvalue weighted by Gasteiger charge is 2.09. The number of benzene rings is 2. The Balaban J connectivity index is 1.51. The summed E-state index contributed by atoms with van der Waals surface area (Å²) < 4.78 is 7.31. The Hall–Kier alpha value is -2.93. The molecule has 0 saturated heterocycles. The maximum Gasteiger partial charge on any atom is 0.261 e. The first-order chi connectivity index (χ1) is 13.1. The number of rotatable bonds is 7. The van der Waals surface area contributed by atoms with Crippen molar-refractivity contribution < 1.29 is 9.53 Å². The lowest BCUT2D eigenvalue weighted by Crippen LogP contribution is -2.25. The van der Waals surface area contributed by atoms with Crippen molar-refractivity contribution in [3.05, 3.63) is 69.2 Å². The van der Waals surface area contributed by atoms with Gasteiger partial charge in [0.2, 0.25) is 0 Å². The second kappa shape index (κ2) is 8.64. The molecule has 0 spiro atoms. The molecule has 0 bridgehead atoms. The van der Waals surface area contributed by atoms with Crippen molar-refractivity contribution >= 4 is 29.0 Å². The summed E-state index contributed by atoms with van der Waals surface area (Å²) in [6.07, 6.45) is 1.66. The van der Waals surface area contributed by atoms with E-state index in [1.807, 2.05) is 30.3 Å². The zero-order valence-corrected chi connectivity index (χ0v) is 15.8. The van der Waals surface area contributed by atoms with Crippen molar-refractivity contribution in [1.82, 2.24) is 14.9 Å². The smallest absolute Gasteiger partial charge is 0.261 e. The molecule has 1 amide bonds. The summed E-state index contributed by atoms with van der Waals surface area (Å²) >= 11 is 5.12. The van der Waals surface area contributed by atoms with Crippen LogP contribution in [0, 0.1) is 4.77 Å². The number of fused-ring (bicyclic) bond motifs is 1. The van der Waals surface area contributed by atoms with E-state index in [4.69, 9.17) is 17.0 Å². The Morgan fingerprint density at radius 2 is 1.96 bits per heavy atom. The minimum atomic E-state index is -0.181. The minimum absolute atomic E-state index is 0.180. The van der Waals surface area contributed by atoms with E-state index in [9.17, 15) is 9.59 Å². The number of carbonyl (C=O) groups is 1. The van der Waals surface area contributed by atoms with E-state index < -0.39 is 0 Å². The number of hydrogen-bond acceptors (Lipinski definition) is 4. The molecule has 0 fully saturated rings. The van der Waals surface area contributed by atoms with Crippen LogP contribution in [0.25, 0.3) is 10.9 Å². The Bertz CT molecular complexity index is 1060. The number of unbranched alkanes of at least 4 members (excludes halogenated alkanes) is 1. The van der Waals surface area contributed by atoms with Gasteiger partial charge in [-0.1, -0.05) is 18.2 Å². The predicted octanol–water partition coefficient (Wildman–Crippen LogP) is 3.19. The molecule has 1 aromatic heterocycles. The lowest BCUT2D eigenvalue weighted by molar-refractivity contribution is 0.0952. The third-order valence-corrected chi connectivity index (χ3v) is 4.61. The maximum atomic E-state index is 12.3. The Labute approximate surface area is 161 Å². The Morgan fingerprint density at radius 1 is 1.19 bits per heavy atom. The number of nitrogens with zero attached hydrogens (tertiary/aromatic N) is 1. The maximum absolute atomic E-state index is 12.3. The number of nitrogens with one attached hydrogen (secondary N) is 2. The normalized spacial score (nSPS) is 10.7. The topological polar surface area (TPSA) is 76.1 Å². The quantitative estimate of drug-likeness (QED) is 0.485. The molecule has 0 aliphatic rings. The van der Waals surface area contributed by atoms with Crippen molar-refractivity contribution in [2.45, 2.75) is 12.8 Å². The molecular weight excluding hydrogens is 362 g/mol. The molecule has 140 valence electrons. The van der Waals surface area contributed by atoms with Gasteiger partial charge < -0.3 is 15.0 Å². The van der Waals surface area contributed by atoms with E-state index in [1.165, 1.54) is 4.57 Å². The highest BCUT2D eigenvalue weighted by Crippen LogP contribution is 2.11. The molecule has 0 unspecified atom stereocenters. The predicted molar refractivity (Wildman–Crippen MR) is 108 cm³/mol. The summed E-state index contributed by atoms with van der Waals surface area (Å²) in [4.78, 5) is 27.5. The molecule has 0 aliphatic heterocycles. The largest absolute Gasteiger partial charge is 0.494 e. The van der Waals surface area contributed by atoms with Gasteiger partial charge in [0.25, 0.3) is 11.5 Å². The second-order valence-corrected chi connectivity index (χ2v) is 6.57. The fourth-order valence-corrected chi connectivity index (χ4v) is 2.88. The van der Waals surface area contributed by atoms with Gasteiger partial charge in [-0.3, -0.25) is 14.2 Å². The molecule has 0 aliphatic carbocycles. The van der Waals surface area contributed by atoms with Crippen molar-refractivity contribution in [2.24, 2.45) is 7.05 Å². The van der Waals surface area contributed by atoms with Crippen LogP contribution in [0.2, 0.25) is 0 Å². The van der Waals surface area contributed by atoms with Crippen molar-refractivity contribution in [2.75, 3.05) is 13.2 Å². The van der Waals surface area contributed by atoms with Crippen LogP contribution >= 0.6 is 12.2 Å². The number of aromatic amines is 1. The molecule has 0 atom stereocenters.